The number of carbonyl (C=O) groups is 3. The molecule has 0 aliphatic heterocycles. The molecule has 278 valence electrons. The Labute approximate surface area is 303 Å². The molecule has 0 bridgehead atoms. The smallest absolute Gasteiger partial charge is 0.407 e. The van der Waals surface area contributed by atoms with Gasteiger partial charge in [0.1, 0.15) is 12.2 Å². The standard InChI is InChI=1S/C43H66N2O5/c1-34(25-23-24-32-44-42(48)49-33-39-37-28-21-19-26-35(37)36-27-20-22-29-38(36)39)45-40(46)30-17-15-13-11-9-7-5-6-8-10-12-14-16-18-31-41(47)50-43(2,3)4/h19-22,26-29,34,39H,5-18,23-25,30-33H2,1-4H3,(H,44,48)(H,45,46). The summed E-state index contributed by atoms with van der Waals surface area (Å²) in [5.41, 5.74) is 4.49. The Morgan fingerprint density at radius 2 is 1.14 bits per heavy atom. The topological polar surface area (TPSA) is 93.7 Å². The van der Waals surface area contributed by atoms with Crippen molar-refractivity contribution in [3.05, 3.63) is 59.7 Å². The number of hydrogen-bond donors (Lipinski definition) is 2. The van der Waals surface area contributed by atoms with Crippen LogP contribution in [0.3, 0.4) is 0 Å². The van der Waals surface area contributed by atoms with Gasteiger partial charge in [0, 0.05) is 31.3 Å². The van der Waals surface area contributed by atoms with Crippen LogP contribution in [0.4, 0.5) is 4.79 Å². The van der Waals surface area contributed by atoms with Crippen LogP contribution in [-0.2, 0) is 19.1 Å². The van der Waals surface area contributed by atoms with Crippen LogP contribution in [-0.4, -0.2) is 42.8 Å². The maximum Gasteiger partial charge on any atom is 0.407 e. The first-order valence-corrected chi connectivity index (χ1v) is 19.7. The minimum atomic E-state index is -0.378. The van der Waals surface area contributed by atoms with Crippen molar-refractivity contribution in [1.29, 1.82) is 0 Å². The van der Waals surface area contributed by atoms with Crippen LogP contribution in [0.1, 0.15) is 167 Å². The van der Waals surface area contributed by atoms with Crippen LogP contribution in [0.15, 0.2) is 48.5 Å². The number of benzene rings is 2. The SMILES string of the molecule is CC(CCCCNC(=O)OCC1c2ccccc2-c2ccccc21)NC(=O)CCCCCCCCCCCCCCCCC(=O)OC(C)(C)C. The summed E-state index contributed by atoms with van der Waals surface area (Å²) in [5, 5.41) is 6.03. The number of hydrogen-bond acceptors (Lipinski definition) is 5. The Bertz CT molecular complexity index is 1240. The summed E-state index contributed by atoms with van der Waals surface area (Å²) in [6.45, 7) is 8.70. The first-order chi connectivity index (χ1) is 24.1. The van der Waals surface area contributed by atoms with E-state index in [1.165, 1.54) is 86.5 Å². The van der Waals surface area contributed by atoms with Crippen LogP contribution in [0.2, 0.25) is 0 Å². The van der Waals surface area contributed by atoms with Crippen molar-refractivity contribution in [2.75, 3.05) is 13.2 Å². The van der Waals surface area contributed by atoms with E-state index >= 15 is 0 Å². The lowest BCUT2D eigenvalue weighted by Gasteiger charge is -2.19. The molecule has 2 N–H and O–H groups in total. The fourth-order valence-electron chi connectivity index (χ4n) is 6.90. The Hall–Kier alpha value is -3.35. The second-order valence-electron chi connectivity index (χ2n) is 15.3. The van der Waals surface area contributed by atoms with Crippen molar-refractivity contribution < 1.29 is 23.9 Å². The van der Waals surface area contributed by atoms with Gasteiger partial charge in [-0.2, -0.15) is 0 Å². The van der Waals surface area contributed by atoms with Gasteiger partial charge in [-0.15, -0.1) is 0 Å². The first-order valence-electron chi connectivity index (χ1n) is 19.7. The second kappa shape index (κ2) is 23.2. The molecule has 0 radical (unpaired) electrons. The molecule has 2 aromatic rings. The Morgan fingerprint density at radius 1 is 0.660 bits per heavy atom. The number of carbonyl (C=O) groups excluding carboxylic acids is 3. The van der Waals surface area contributed by atoms with Gasteiger partial charge in [-0.25, -0.2) is 4.79 Å². The van der Waals surface area contributed by atoms with Crippen LogP contribution >= 0.6 is 0 Å². The third-order valence-corrected chi connectivity index (χ3v) is 9.54. The molecule has 1 aliphatic rings. The van der Waals surface area contributed by atoms with E-state index in [1.807, 2.05) is 32.9 Å². The van der Waals surface area contributed by atoms with Crippen molar-refractivity contribution in [1.82, 2.24) is 10.6 Å². The summed E-state index contributed by atoms with van der Waals surface area (Å²) in [5.74, 6) is 0.144. The van der Waals surface area contributed by atoms with Gasteiger partial charge in [-0.3, -0.25) is 9.59 Å². The van der Waals surface area contributed by atoms with Crippen molar-refractivity contribution in [3.63, 3.8) is 0 Å². The number of alkyl carbamates (subject to hydrolysis) is 1. The summed E-state index contributed by atoms with van der Waals surface area (Å²) < 4.78 is 11.0. The van der Waals surface area contributed by atoms with E-state index in [0.717, 1.165) is 44.9 Å². The van der Waals surface area contributed by atoms with Crippen molar-refractivity contribution in [2.24, 2.45) is 0 Å². The third kappa shape index (κ3) is 16.6. The molecule has 2 amide bonds. The molecule has 0 spiro atoms. The molecule has 7 nitrogen and oxygen atoms in total. The molecule has 0 fully saturated rings. The Balaban J connectivity index is 1.06. The molecular formula is C43H66N2O5. The quantitative estimate of drug-likeness (QED) is 0.0799. The van der Waals surface area contributed by atoms with Crippen LogP contribution < -0.4 is 10.6 Å². The van der Waals surface area contributed by atoms with Crippen LogP contribution in [0, 0.1) is 0 Å². The summed E-state index contributed by atoms with van der Waals surface area (Å²) in [7, 11) is 0. The first kappa shape index (κ1) is 41.1. The fraction of sp³-hybridized carbons (Fsp3) is 0.651. The van der Waals surface area contributed by atoms with Gasteiger partial charge >= 0.3 is 12.1 Å². The average molecular weight is 691 g/mol. The van der Waals surface area contributed by atoms with Crippen LogP contribution in [0.25, 0.3) is 11.1 Å². The highest BCUT2D eigenvalue weighted by molar-refractivity contribution is 5.79. The number of amides is 2. The lowest BCUT2D eigenvalue weighted by Crippen LogP contribution is -2.32. The predicted molar refractivity (Wildman–Crippen MR) is 204 cm³/mol. The zero-order chi connectivity index (χ0) is 36.0. The van der Waals surface area contributed by atoms with Gasteiger partial charge in [0.15, 0.2) is 0 Å². The van der Waals surface area contributed by atoms with Gasteiger partial charge in [0.25, 0.3) is 0 Å². The second-order valence-corrected chi connectivity index (χ2v) is 15.3. The molecule has 1 unspecified atom stereocenters. The van der Waals surface area contributed by atoms with E-state index in [9.17, 15) is 14.4 Å². The summed E-state index contributed by atoms with van der Waals surface area (Å²) >= 11 is 0. The Morgan fingerprint density at radius 3 is 1.66 bits per heavy atom. The van der Waals surface area contributed by atoms with Gasteiger partial charge < -0.3 is 20.1 Å². The molecule has 0 heterocycles. The molecule has 0 saturated heterocycles. The summed E-state index contributed by atoms with van der Waals surface area (Å²) in [6, 6.07) is 16.8. The molecule has 0 aromatic heterocycles. The highest BCUT2D eigenvalue weighted by Gasteiger charge is 2.29. The molecule has 1 aliphatic carbocycles. The molecular weight excluding hydrogens is 624 g/mol. The number of rotatable bonds is 25. The normalized spacial score (nSPS) is 13.0. The molecule has 3 rings (SSSR count). The monoisotopic (exact) mass is 690 g/mol. The van der Waals surface area contributed by atoms with Crippen molar-refractivity contribution in [3.8, 4) is 11.1 Å². The van der Waals surface area contributed by atoms with E-state index in [1.54, 1.807) is 0 Å². The van der Waals surface area contributed by atoms with Gasteiger partial charge in [0.05, 0.1) is 0 Å². The number of fused-ring (bicyclic) bond motifs is 3. The highest BCUT2D eigenvalue weighted by atomic mass is 16.6. The van der Waals surface area contributed by atoms with Gasteiger partial charge in [-0.1, -0.05) is 126 Å². The lowest BCUT2D eigenvalue weighted by atomic mass is 9.98. The van der Waals surface area contributed by atoms with E-state index in [-0.39, 0.29) is 35.5 Å². The average Bonchev–Trinajstić information content (AvgIpc) is 3.39. The number of ether oxygens (including phenoxy) is 2. The van der Waals surface area contributed by atoms with E-state index in [4.69, 9.17) is 9.47 Å². The maximum atomic E-state index is 12.4. The summed E-state index contributed by atoms with van der Waals surface area (Å²) in [4.78, 5) is 36.5. The minimum Gasteiger partial charge on any atom is -0.460 e. The van der Waals surface area contributed by atoms with Crippen molar-refractivity contribution >= 4 is 18.0 Å². The third-order valence-electron chi connectivity index (χ3n) is 9.54. The van der Waals surface area contributed by atoms with Gasteiger partial charge in [0.2, 0.25) is 5.91 Å². The fourth-order valence-corrected chi connectivity index (χ4v) is 6.90. The molecule has 2 aromatic carbocycles. The molecule has 0 saturated carbocycles. The molecule has 7 heteroatoms. The zero-order valence-electron chi connectivity index (χ0n) is 31.7. The van der Waals surface area contributed by atoms with Gasteiger partial charge in [-0.05, 0) is 82.1 Å². The van der Waals surface area contributed by atoms with E-state index < -0.39 is 0 Å². The van der Waals surface area contributed by atoms with E-state index in [0.29, 0.717) is 26.0 Å². The molecule has 50 heavy (non-hydrogen) atoms. The minimum absolute atomic E-state index is 0.0657. The lowest BCUT2D eigenvalue weighted by molar-refractivity contribution is -0.154. The van der Waals surface area contributed by atoms with Crippen LogP contribution in [0.5, 0.6) is 0 Å². The highest BCUT2D eigenvalue weighted by Crippen LogP contribution is 2.44. The number of esters is 1. The number of nitrogens with one attached hydrogen (secondary N) is 2. The van der Waals surface area contributed by atoms with Crippen molar-refractivity contribution in [2.45, 2.75) is 167 Å². The maximum absolute atomic E-state index is 12.4. The largest absolute Gasteiger partial charge is 0.460 e. The predicted octanol–water partition coefficient (Wildman–Crippen LogP) is 10.8. The zero-order valence-corrected chi connectivity index (χ0v) is 31.7. The number of unbranched alkanes of at least 4 members (excludes halogenated alkanes) is 14. The van der Waals surface area contributed by atoms with E-state index in [2.05, 4.69) is 54.0 Å². The Kier molecular flexibility index (Phi) is 19.0. The molecule has 1 atom stereocenters. The summed E-state index contributed by atoms with van der Waals surface area (Å²) in [6.07, 6.45) is 20.4.